The predicted molar refractivity (Wildman–Crippen MR) is 92.7 cm³/mol. The third-order valence-corrected chi connectivity index (χ3v) is 6.10. The molecule has 1 fully saturated rings. The molecule has 2 rings (SSSR count). The zero-order valence-corrected chi connectivity index (χ0v) is 14.7. The van der Waals surface area contributed by atoms with E-state index < -0.39 is 14.9 Å². The van der Waals surface area contributed by atoms with Crippen molar-refractivity contribution in [1.29, 1.82) is 0 Å². The van der Waals surface area contributed by atoms with Crippen LogP contribution in [0.4, 0.5) is 11.4 Å². The molecule has 0 aromatic heterocycles. The summed E-state index contributed by atoms with van der Waals surface area (Å²) in [5, 5.41) is 15.3. The average Bonchev–Trinajstić information content (AvgIpc) is 3.07. The van der Waals surface area contributed by atoms with Crippen molar-refractivity contribution in [1.82, 2.24) is 4.31 Å². The first-order chi connectivity index (χ1) is 11.4. The van der Waals surface area contributed by atoms with E-state index in [9.17, 15) is 18.5 Å². The number of hydrogen-bond acceptors (Lipinski definition) is 6. The standard InChI is InChI=1S/C15H22N4O4S/c1-3-18(4-2)24(22,23)15-11-13(19(20)21)9-10-14(15)17-16-12-7-5-6-8-12/h9-11,17H,3-8H2,1-2H3. The number of nitro groups is 1. The Bertz CT molecular complexity index is 734. The molecule has 0 saturated heterocycles. The number of nitrogens with one attached hydrogen (secondary N) is 1. The Hall–Kier alpha value is -2.00. The number of hydrogen-bond donors (Lipinski definition) is 1. The number of rotatable bonds is 7. The Balaban J connectivity index is 2.46. The second kappa shape index (κ2) is 7.71. The Labute approximate surface area is 141 Å². The fraction of sp³-hybridized carbons (Fsp3) is 0.533. The quantitative estimate of drug-likeness (QED) is 0.598. The molecule has 0 spiro atoms. The van der Waals surface area contributed by atoms with E-state index in [1.807, 2.05) is 0 Å². The van der Waals surface area contributed by atoms with Crippen molar-refractivity contribution in [2.75, 3.05) is 18.5 Å². The Morgan fingerprint density at radius 3 is 2.42 bits per heavy atom. The number of non-ortho nitro benzene ring substituents is 1. The van der Waals surface area contributed by atoms with Crippen molar-refractivity contribution < 1.29 is 13.3 Å². The molecule has 9 heteroatoms. The van der Waals surface area contributed by atoms with Gasteiger partial charge in [-0.3, -0.25) is 15.5 Å². The van der Waals surface area contributed by atoms with Crippen LogP contribution in [0.3, 0.4) is 0 Å². The van der Waals surface area contributed by atoms with Gasteiger partial charge in [0.05, 0.1) is 10.6 Å². The van der Waals surface area contributed by atoms with Crippen LogP contribution in [0.25, 0.3) is 0 Å². The van der Waals surface area contributed by atoms with Crippen LogP contribution in [0, 0.1) is 10.1 Å². The van der Waals surface area contributed by atoms with E-state index in [0.29, 0.717) is 0 Å². The molecular weight excluding hydrogens is 332 g/mol. The molecule has 1 N–H and O–H groups in total. The first kappa shape index (κ1) is 18.3. The van der Waals surface area contributed by atoms with Crippen molar-refractivity contribution in [2.24, 2.45) is 5.10 Å². The number of anilines is 1. The van der Waals surface area contributed by atoms with E-state index >= 15 is 0 Å². The van der Waals surface area contributed by atoms with Gasteiger partial charge in [0.25, 0.3) is 5.69 Å². The summed E-state index contributed by atoms with van der Waals surface area (Å²) >= 11 is 0. The van der Waals surface area contributed by atoms with E-state index in [0.717, 1.165) is 37.5 Å². The molecule has 24 heavy (non-hydrogen) atoms. The van der Waals surface area contributed by atoms with Gasteiger partial charge in [0.15, 0.2) is 0 Å². The summed E-state index contributed by atoms with van der Waals surface area (Å²) in [5.74, 6) is 0. The molecule has 8 nitrogen and oxygen atoms in total. The van der Waals surface area contributed by atoms with Crippen LogP contribution in [0.2, 0.25) is 0 Å². The third-order valence-electron chi connectivity index (χ3n) is 4.01. The van der Waals surface area contributed by atoms with Gasteiger partial charge in [0.1, 0.15) is 4.90 Å². The van der Waals surface area contributed by atoms with E-state index in [-0.39, 0.29) is 29.4 Å². The molecule has 1 aromatic rings. The highest BCUT2D eigenvalue weighted by atomic mass is 32.2. The molecule has 0 radical (unpaired) electrons. The van der Waals surface area contributed by atoms with Crippen LogP contribution < -0.4 is 5.43 Å². The summed E-state index contributed by atoms with van der Waals surface area (Å²) < 4.78 is 26.9. The zero-order chi connectivity index (χ0) is 17.7. The van der Waals surface area contributed by atoms with Crippen LogP contribution in [0.15, 0.2) is 28.2 Å². The van der Waals surface area contributed by atoms with E-state index in [1.54, 1.807) is 13.8 Å². The summed E-state index contributed by atoms with van der Waals surface area (Å²) in [7, 11) is -3.84. The highest BCUT2D eigenvalue weighted by Crippen LogP contribution is 2.29. The summed E-state index contributed by atoms with van der Waals surface area (Å²) in [6, 6.07) is 3.76. The van der Waals surface area contributed by atoms with Gasteiger partial charge >= 0.3 is 0 Å². The Kier molecular flexibility index (Phi) is 5.89. The topological polar surface area (TPSA) is 105 Å². The summed E-state index contributed by atoms with van der Waals surface area (Å²) in [5.41, 5.74) is 3.77. The van der Waals surface area contributed by atoms with E-state index in [1.165, 1.54) is 16.4 Å². The largest absolute Gasteiger partial charge is 0.277 e. The Morgan fingerprint density at radius 2 is 1.88 bits per heavy atom. The molecule has 1 aliphatic rings. The van der Waals surface area contributed by atoms with Crippen molar-refractivity contribution >= 4 is 27.1 Å². The molecule has 0 bridgehead atoms. The fourth-order valence-corrected chi connectivity index (χ4v) is 4.29. The molecule has 1 aromatic carbocycles. The Morgan fingerprint density at radius 1 is 1.25 bits per heavy atom. The third kappa shape index (κ3) is 3.90. The lowest BCUT2D eigenvalue weighted by Gasteiger charge is -2.20. The van der Waals surface area contributed by atoms with Gasteiger partial charge in [0, 0.05) is 30.9 Å². The number of hydrazone groups is 1. The van der Waals surface area contributed by atoms with Crippen molar-refractivity contribution in [3.8, 4) is 0 Å². The molecular formula is C15H22N4O4S. The predicted octanol–water partition coefficient (Wildman–Crippen LogP) is 2.97. The first-order valence-electron chi connectivity index (χ1n) is 8.00. The molecule has 1 aliphatic carbocycles. The van der Waals surface area contributed by atoms with Gasteiger partial charge in [-0.1, -0.05) is 13.8 Å². The number of sulfonamides is 1. The lowest BCUT2D eigenvalue weighted by Crippen LogP contribution is -2.31. The van der Waals surface area contributed by atoms with Gasteiger partial charge in [-0.15, -0.1) is 0 Å². The van der Waals surface area contributed by atoms with Crippen molar-refractivity contribution in [2.45, 2.75) is 44.4 Å². The summed E-state index contributed by atoms with van der Waals surface area (Å²) in [6.45, 7) is 4.03. The van der Waals surface area contributed by atoms with Crippen molar-refractivity contribution in [3.63, 3.8) is 0 Å². The van der Waals surface area contributed by atoms with Crippen LogP contribution in [0.1, 0.15) is 39.5 Å². The fourth-order valence-electron chi connectivity index (χ4n) is 2.67. The van der Waals surface area contributed by atoms with Gasteiger partial charge in [0.2, 0.25) is 10.0 Å². The monoisotopic (exact) mass is 354 g/mol. The van der Waals surface area contributed by atoms with E-state index in [4.69, 9.17) is 0 Å². The molecule has 132 valence electrons. The molecule has 0 unspecified atom stereocenters. The molecule has 0 heterocycles. The maximum absolute atomic E-state index is 12.8. The maximum atomic E-state index is 12.8. The molecule has 0 aliphatic heterocycles. The minimum absolute atomic E-state index is 0.122. The summed E-state index contributed by atoms with van der Waals surface area (Å²) in [4.78, 5) is 10.3. The highest BCUT2D eigenvalue weighted by Gasteiger charge is 2.27. The second-order valence-corrected chi connectivity index (χ2v) is 7.43. The average molecular weight is 354 g/mol. The van der Waals surface area contributed by atoms with E-state index in [2.05, 4.69) is 10.5 Å². The number of benzene rings is 1. The molecule has 0 amide bonds. The second-order valence-electron chi connectivity index (χ2n) is 5.52. The normalized spacial score (nSPS) is 14.9. The number of nitro benzene ring substituents is 1. The minimum atomic E-state index is -3.84. The molecule has 0 atom stereocenters. The van der Waals surface area contributed by atoms with Crippen molar-refractivity contribution in [3.05, 3.63) is 28.3 Å². The number of nitrogens with zero attached hydrogens (tertiary/aromatic N) is 3. The van der Waals surface area contributed by atoms with Gasteiger partial charge in [-0.25, -0.2) is 8.42 Å². The summed E-state index contributed by atoms with van der Waals surface area (Å²) in [6.07, 6.45) is 3.92. The first-order valence-corrected chi connectivity index (χ1v) is 9.44. The lowest BCUT2D eigenvalue weighted by atomic mass is 10.3. The van der Waals surface area contributed by atoms with Crippen LogP contribution in [-0.2, 0) is 10.0 Å². The van der Waals surface area contributed by atoms with Crippen LogP contribution in [-0.4, -0.2) is 36.4 Å². The van der Waals surface area contributed by atoms with Gasteiger partial charge < -0.3 is 0 Å². The molecule has 1 saturated carbocycles. The van der Waals surface area contributed by atoms with Crippen LogP contribution >= 0.6 is 0 Å². The maximum Gasteiger partial charge on any atom is 0.270 e. The smallest absolute Gasteiger partial charge is 0.270 e. The minimum Gasteiger partial charge on any atom is -0.277 e. The van der Waals surface area contributed by atoms with Crippen LogP contribution in [0.5, 0.6) is 0 Å². The SMILES string of the molecule is CCN(CC)S(=O)(=O)c1cc([N+](=O)[O-])ccc1NN=C1CCCC1. The lowest BCUT2D eigenvalue weighted by molar-refractivity contribution is -0.385. The van der Waals surface area contributed by atoms with Gasteiger partial charge in [-0.2, -0.15) is 9.41 Å². The van der Waals surface area contributed by atoms with Gasteiger partial charge in [-0.05, 0) is 31.7 Å². The zero-order valence-electron chi connectivity index (χ0n) is 13.9. The highest BCUT2D eigenvalue weighted by molar-refractivity contribution is 7.89.